The van der Waals surface area contributed by atoms with Gasteiger partial charge in [-0.25, -0.2) is 4.39 Å². The molecule has 20 heavy (non-hydrogen) atoms. The summed E-state index contributed by atoms with van der Waals surface area (Å²) >= 11 is 0. The van der Waals surface area contributed by atoms with E-state index in [0.29, 0.717) is 13.0 Å². The van der Waals surface area contributed by atoms with Gasteiger partial charge in [-0.3, -0.25) is 14.5 Å². The van der Waals surface area contributed by atoms with Gasteiger partial charge >= 0.3 is 5.97 Å². The highest BCUT2D eigenvalue weighted by Crippen LogP contribution is 2.34. The van der Waals surface area contributed by atoms with Crippen LogP contribution in [0.5, 0.6) is 0 Å². The topological polar surface area (TPSA) is 46.6 Å². The van der Waals surface area contributed by atoms with E-state index >= 15 is 0 Å². The standard InChI is InChI=1S/C15H18FNO3/c1-3-20-15(19)13-12(18)8-9-17(2)14(13)10-4-6-11(16)7-5-10/h4-7,13-14H,3,8-9H2,1-2H3. The van der Waals surface area contributed by atoms with Crippen molar-refractivity contribution >= 4 is 11.8 Å². The lowest BCUT2D eigenvalue weighted by molar-refractivity contribution is -0.156. The zero-order valence-electron chi connectivity index (χ0n) is 11.6. The summed E-state index contributed by atoms with van der Waals surface area (Å²) < 4.78 is 18.0. The molecule has 0 bridgehead atoms. The summed E-state index contributed by atoms with van der Waals surface area (Å²) in [5.41, 5.74) is 0.750. The summed E-state index contributed by atoms with van der Waals surface area (Å²) in [6, 6.07) is 5.51. The van der Waals surface area contributed by atoms with Crippen molar-refractivity contribution < 1.29 is 18.7 Å². The Labute approximate surface area is 117 Å². The van der Waals surface area contributed by atoms with Crippen LogP contribution in [-0.4, -0.2) is 36.9 Å². The normalized spacial score (nSPS) is 23.6. The van der Waals surface area contributed by atoms with E-state index in [1.165, 1.54) is 12.1 Å². The number of ketones is 1. The molecule has 2 rings (SSSR count). The maximum atomic E-state index is 13.0. The first-order chi connectivity index (χ1) is 9.54. The average molecular weight is 279 g/mol. The van der Waals surface area contributed by atoms with Crippen molar-refractivity contribution in [2.45, 2.75) is 19.4 Å². The van der Waals surface area contributed by atoms with Gasteiger partial charge in [0.05, 0.1) is 12.6 Å². The summed E-state index contributed by atoms with van der Waals surface area (Å²) in [4.78, 5) is 26.1. The number of rotatable bonds is 3. The Kier molecular flexibility index (Phi) is 4.49. The van der Waals surface area contributed by atoms with Crippen molar-refractivity contribution in [2.24, 2.45) is 5.92 Å². The van der Waals surface area contributed by atoms with E-state index in [2.05, 4.69) is 0 Å². The van der Waals surface area contributed by atoms with Crippen molar-refractivity contribution in [3.05, 3.63) is 35.6 Å². The maximum Gasteiger partial charge on any atom is 0.318 e. The molecule has 1 fully saturated rings. The lowest BCUT2D eigenvalue weighted by atomic mass is 9.84. The van der Waals surface area contributed by atoms with E-state index < -0.39 is 17.9 Å². The van der Waals surface area contributed by atoms with Gasteiger partial charge in [0.1, 0.15) is 17.5 Å². The predicted octanol–water partition coefficient (Wildman–Crippen LogP) is 1.95. The van der Waals surface area contributed by atoms with Crippen LogP contribution < -0.4 is 0 Å². The van der Waals surface area contributed by atoms with Crippen molar-refractivity contribution in [3.8, 4) is 0 Å². The summed E-state index contributed by atoms with van der Waals surface area (Å²) in [7, 11) is 1.85. The number of piperidine rings is 1. The number of carbonyl (C=O) groups excluding carboxylic acids is 2. The molecule has 2 atom stereocenters. The number of nitrogens with zero attached hydrogens (tertiary/aromatic N) is 1. The highest BCUT2D eigenvalue weighted by molar-refractivity contribution is 6.00. The fraction of sp³-hybridized carbons (Fsp3) is 0.467. The molecule has 4 nitrogen and oxygen atoms in total. The minimum atomic E-state index is -0.834. The molecule has 0 saturated carbocycles. The molecule has 108 valence electrons. The molecule has 1 aromatic rings. The lowest BCUT2D eigenvalue weighted by Gasteiger charge is -2.37. The highest BCUT2D eigenvalue weighted by atomic mass is 19.1. The Balaban J connectivity index is 2.35. The second-order valence-electron chi connectivity index (χ2n) is 4.92. The van der Waals surface area contributed by atoms with Gasteiger partial charge in [0, 0.05) is 13.0 Å². The number of halogens is 1. The molecule has 1 heterocycles. The summed E-state index contributed by atoms with van der Waals surface area (Å²) in [5.74, 6) is -1.79. The second kappa shape index (κ2) is 6.13. The number of Topliss-reactive ketones (excluding diaryl/α,β-unsaturated/α-hetero) is 1. The Morgan fingerprint density at radius 2 is 2.05 bits per heavy atom. The molecule has 0 amide bonds. The van der Waals surface area contributed by atoms with Crippen LogP contribution in [0.4, 0.5) is 4.39 Å². The van der Waals surface area contributed by atoms with Crippen LogP contribution in [0.15, 0.2) is 24.3 Å². The fourth-order valence-electron chi connectivity index (χ4n) is 2.61. The number of likely N-dealkylation sites (tertiary alicyclic amines) is 1. The van der Waals surface area contributed by atoms with Crippen LogP contribution in [-0.2, 0) is 14.3 Å². The van der Waals surface area contributed by atoms with E-state index in [-0.39, 0.29) is 18.2 Å². The molecule has 1 aliphatic rings. The monoisotopic (exact) mass is 279 g/mol. The smallest absolute Gasteiger partial charge is 0.318 e. The van der Waals surface area contributed by atoms with Crippen LogP contribution in [0, 0.1) is 11.7 Å². The van der Waals surface area contributed by atoms with Crippen molar-refractivity contribution in [1.82, 2.24) is 4.90 Å². The SMILES string of the molecule is CCOC(=O)C1C(=O)CCN(C)C1c1ccc(F)cc1. The summed E-state index contributed by atoms with van der Waals surface area (Å²) in [5, 5.41) is 0. The first kappa shape index (κ1) is 14.7. The number of benzene rings is 1. The third-order valence-electron chi connectivity index (χ3n) is 3.60. The average Bonchev–Trinajstić information content (AvgIpc) is 2.42. The maximum absolute atomic E-state index is 13.0. The van der Waals surface area contributed by atoms with Gasteiger partial charge in [-0.15, -0.1) is 0 Å². The fourth-order valence-corrected chi connectivity index (χ4v) is 2.61. The summed E-state index contributed by atoms with van der Waals surface area (Å²) in [6.45, 7) is 2.53. The number of esters is 1. The van der Waals surface area contributed by atoms with Gasteiger partial charge in [0.15, 0.2) is 0 Å². The minimum Gasteiger partial charge on any atom is -0.465 e. The number of carbonyl (C=O) groups is 2. The highest BCUT2D eigenvalue weighted by Gasteiger charge is 2.42. The van der Waals surface area contributed by atoms with E-state index in [1.54, 1.807) is 19.1 Å². The second-order valence-corrected chi connectivity index (χ2v) is 4.92. The van der Waals surface area contributed by atoms with Crippen LogP contribution in [0.25, 0.3) is 0 Å². The molecule has 1 aromatic carbocycles. The van der Waals surface area contributed by atoms with Gasteiger partial charge in [-0.05, 0) is 31.7 Å². The molecular weight excluding hydrogens is 261 g/mol. The molecule has 5 heteroatoms. The van der Waals surface area contributed by atoms with Crippen molar-refractivity contribution in [3.63, 3.8) is 0 Å². The van der Waals surface area contributed by atoms with E-state index in [1.807, 2.05) is 11.9 Å². The van der Waals surface area contributed by atoms with Gasteiger partial charge in [0.2, 0.25) is 0 Å². The molecule has 0 N–H and O–H groups in total. The molecule has 1 saturated heterocycles. The summed E-state index contributed by atoms with van der Waals surface area (Å²) in [6.07, 6.45) is 0.331. The Morgan fingerprint density at radius 1 is 1.40 bits per heavy atom. The van der Waals surface area contributed by atoms with Gasteiger partial charge in [0.25, 0.3) is 0 Å². The number of hydrogen-bond donors (Lipinski definition) is 0. The van der Waals surface area contributed by atoms with Crippen LogP contribution >= 0.6 is 0 Å². The molecule has 2 unspecified atom stereocenters. The zero-order valence-corrected chi connectivity index (χ0v) is 11.6. The molecule has 0 radical (unpaired) electrons. The Bertz CT molecular complexity index is 500. The van der Waals surface area contributed by atoms with E-state index in [4.69, 9.17) is 4.74 Å². The third-order valence-corrected chi connectivity index (χ3v) is 3.60. The van der Waals surface area contributed by atoms with Gasteiger partial charge < -0.3 is 4.74 Å². The van der Waals surface area contributed by atoms with Crippen LogP contribution in [0.1, 0.15) is 24.9 Å². The number of ether oxygens (including phenoxy) is 1. The first-order valence-corrected chi connectivity index (χ1v) is 6.69. The van der Waals surface area contributed by atoms with E-state index in [0.717, 1.165) is 5.56 Å². The molecule has 0 aromatic heterocycles. The van der Waals surface area contributed by atoms with Crippen molar-refractivity contribution in [1.29, 1.82) is 0 Å². The zero-order chi connectivity index (χ0) is 14.7. The molecule has 1 aliphatic heterocycles. The van der Waals surface area contributed by atoms with Crippen molar-refractivity contribution in [2.75, 3.05) is 20.2 Å². The van der Waals surface area contributed by atoms with Gasteiger partial charge in [-0.1, -0.05) is 12.1 Å². The van der Waals surface area contributed by atoms with Crippen LogP contribution in [0.2, 0.25) is 0 Å². The Hall–Kier alpha value is -1.75. The first-order valence-electron chi connectivity index (χ1n) is 6.69. The number of hydrogen-bond acceptors (Lipinski definition) is 4. The quantitative estimate of drug-likeness (QED) is 0.627. The van der Waals surface area contributed by atoms with Gasteiger partial charge in [-0.2, -0.15) is 0 Å². The Morgan fingerprint density at radius 3 is 2.65 bits per heavy atom. The van der Waals surface area contributed by atoms with E-state index in [9.17, 15) is 14.0 Å². The molecular formula is C15H18FNO3. The lowest BCUT2D eigenvalue weighted by Crippen LogP contribution is -2.45. The molecule has 0 aliphatic carbocycles. The minimum absolute atomic E-state index is 0.115. The molecule has 0 spiro atoms. The predicted molar refractivity (Wildman–Crippen MR) is 71.5 cm³/mol. The third kappa shape index (κ3) is 2.88. The largest absolute Gasteiger partial charge is 0.465 e. The van der Waals surface area contributed by atoms with Crippen LogP contribution in [0.3, 0.4) is 0 Å².